The fraction of sp³-hybridized carbons (Fsp3) is 0.357. The molecule has 0 saturated heterocycles. The van der Waals surface area contributed by atoms with Crippen LogP contribution < -0.4 is 5.32 Å². The highest BCUT2D eigenvalue weighted by Gasteiger charge is 2.21. The van der Waals surface area contributed by atoms with Crippen LogP contribution in [-0.4, -0.2) is 19.1 Å². The summed E-state index contributed by atoms with van der Waals surface area (Å²) in [6.07, 6.45) is 2.60. The smallest absolute Gasteiger partial charge is 0.327 e. The van der Waals surface area contributed by atoms with Gasteiger partial charge in [-0.3, -0.25) is 5.32 Å². The third-order valence-corrected chi connectivity index (χ3v) is 2.45. The minimum atomic E-state index is -2.53. The zero-order valence-electron chi connectivity index (χ0n) is 10.5. The average molecular weight is 267 g/mol. The molecule has 0 radical (unpaired) electrons. The van der Waals surface area contributed by atoms with E-state index in [0.717, 1.165) is 0 Å². The number of ether oxygens (including phenoxy) is 1. The molecule has 1 atom stereocenters. The second kappa shape index (κ2) is 7.49. The molecule has 0 aliphatic carbocycles. The van der Waals surface area contributed by atoms with Crippen LogP contribution in [-0.2, 0) is 9.53 Å². The Morgan fingerprint density at radius 1 is 1.37 bits per heavy atom. The van der Waals surface area contributed by atoms with Gasteiger partial charge in [-0.15, -0.1) is 6.42 Å². The van der Waals surface area contributed by atoms with Gasteiger partial charge in [0.05, 0.1) is 13.2 Å². The maximum atomic E-state index is 12.4. The lowest BCUT2D eigenvalue weighted by Gasteiger charge is -2.16. The molecular weight excluding hydrogens is 252 g/mol. The van der Waals surface area contributed by atoms with E-state index >= 15 is 0 Å². The number of nitrogens with one attached hydrogen (secondary N) is 1. The van der Waals surface area contributed by atoms with Crippen LogP contribution in [0.4, 0.5) is 8.78 Å². The molecule has 0 aliphatic heterocycles. The van der Waals surface area contributed by atoms with Gasteiger partial charge in [-0.05, 0) is 12.5 Å². The maximum absolute atomic E-state index is 12.4. The molecule has 0 amide bonds. The molecule has 1 unspecified atom stereocenters. The normalized spacial score (nSPS) is 11.9. The van der Waals surface area contributed by atoms with Gasteiger partial charge < -0.3 is 4.74 Å². The zero-order chi connectivity index (χ0) is 14.3. The lowest BCUT2D eigenvalue weighted by Crippen LogP contribution is -2.30. The SMILES string of the molecule is C#CCNC(C(=O)OCC)c1ccc(C(F)F)cc1. The molecule has 0 saturated carbocycles. The first-order valence-electron chi connectivity index (χ1n) is 5.81. The summed E-state index contributed by atoms with van der Waals surface area (Å²) < 4.78 is 29.8. The molecule has 0 bridgehead atoms. The average Bonchev–Trinajstić information content (AvgIpc) is 2.40. The Bertz CT molecular complexity index is 452. The fourth-order valence-electron chi connectivity index (χ4n) is 1.56. The first-order chi connectivity index (χ1) is 9.10. The summed E-state index contributed by atoms with van der Waals surface area (Å²) in [6, 6.07) is 4.75. The van der Waals surface area contributed by atoms with Gasteiger partial charge in [0.2, 0.25) is 0 Å². The van der Waals surface area contributed by atoms with E-state index in [1.807, 2.05) is 0 Å². The van der Waals surface area contributed by atoms with E-state index in [1.165, 1.54) is 24.3 Å². The number of carbonyl (C=O) groups is 1. The predicted octanol–water partition coefficient (Wildman–Crippen LogP) is 2.45. The van der Waals surface area contributed by atoms with Crippen LogP contribution in [0, 0.1) is 12.3 Å². The summed E-state index contributed by atoms with van der Waals surface area (Å²) in [5.41, 5.74) is 0.446. The minimum absolute atomic E-state index is 0.0942. The Labute approximate surface area is 111 Å². The fourth-order valence-corrected chi connectivity index (χ4v) is 1.56. The number of hydrogen-bond donors (Lipinski definition) is 1. The molecule has 1 rings (SSSR count). The number of terminal acetylenes is 1. The molecule has 102 valence electrons. The van der Waals surface area contributed by atoms with Crippen LogP contribution >= 0.6 is 0 Å². The summed E-state index contributed by atoms with van der Waals surface area (Å²) in [5, 5.41) is 2.82. The van der Waals surface area contributed by atoms with Gasteiger partial charge in [-0.2, -0.15) is 0 Å². The summed E-state index contributed by atoms with van der Waals surface area (Å²) in [6.45, 7) is 2.11. The van der Waals surface area contributed by atoms with Gasteiger partial charge >= 0.3 is 5.97 Å². The molecule has 3 nitrogen and oxygen atoms in total. The molecule has 0 heterocycles. The van der Waals surface area contributed by atoms with Crippen LogP contribution in [0.15, 0.2) is 24.3 Å². The molecule has 19 heavy (non-hydrogen) atoms. The molecular formula is C14H15F2NO2. The van der Waals surface area contributed by atoms with Crippen molar-refractivity contribution in [2.24, 2.45) is 0 Å². The molecule has 5 heteroatoms. The molecule has 0 spiro atoms. The lowest BCUT2D eigenvalue weighted by atomic mass is 10.0. The first-order valence-corrected chi connectivity index (χ1v) is 5.81. The van der Waals surface area contributed by atoms with Crippen molar-refractivity contribution in [3.8, 4) is 12.3 Å². The van der Waals surface area contributed by atoms with Gasteiger partial charge in [0.1, 0.15) is 6.04 Å². The maximum Gasteiger partial charge on any atom is 0.327 e. The van der Waals surface area contributed by atoms with Crippen LogP contribution in [0.1, 0.15) is 30.5 Å². The van der Waals surface area contributed by atoms with Crippen molar-refractivity contribution in [1.29, 1.82) is 0 Å². The van der Waals surface area contributed by atoms with E-state index in [0.29, 0.717) is 5.56 Å². The lowest BCUT2D eigenvalue weighted by molar-refractivity contribution is -0.145. The van der Waals surface area contributed by atoms with E-state index in [2.05, 4.69) is 11.2 Å². The Morgan fingerprint density at radius 3 is 2.42 bits per heavy atom. The zero-order valence-corrected chi connectivity index (χ0v) is 10.5. The summed E-state index contributed by atoms with van der Waals surface area (Å²) in [7, 11) is 0. The molecule has 1 N–H and O–H groups in total. The number of hydrogen-bond acceptors (Lipinski definition) is 3. The van der Waals surface area contributed by atoms with Gasteiger partial charge in [0, 0.05) is 5.56 Å². The second-order valence-corrected chi connectivity index (χ2v) is 3.74. The van der Waals surface area contributed by atoms with Crippen molar-refractivity contribution < 1.29 is 18.3 Å². The number of esters is 1. The van der Waals surface area contributed by atoms with Crippen molar-refractivity contribution in [2.45, 2.75) is 19.4 Å². The number of halogens is 2. The van der Waals surface area contributed by atoms with Crippen molar-refractivity contribution in [2.75, 3.05) is 13.2 Å². The van der Waals surface area contributed by atoms with Crippen LogP contribution in [0.25, 0.3) is 0 Å². The highest BCUT2D eigenvalue weighted by molar-refractivity contribution is 5.77. The third-order valence-electron chi connectivity index (χ3n) is 2.45. The third kappa shape index (κ3) is 4.34. The number of alkyl halides is 2. The largest absolute Gasteiger partial charge is 0.465 e. The molecule has 1 aromatic carbocycles. The van der Waals surface area contributed by atoms with Gasteiger partial charge in [-0.25, -0.2) is 13.6 Å². The number of carbonyl (C=O) groups excluding carboxylic acids is 1. The Balaban J connectivity index is 2.90. The van der Waals surface area contributed by atoms with E-state index in [1.54, 1.807) is 6.92 Å². The quantitative estimate of drug-likeness (QED) is 0.635. The first kappa shape index (κ1) is 15.1. The van der Waals surface area contributed by atoms with E-state index in [4.69, 9.17) is 11.2 Å². The second-order valence-electron chi connectivity index (χ2n) is 3.74. The molecule has 0 fully saturated rings. The predicted molar refractivity (Wildman–Crippen MR) is 67.6 cm³/mol. The van der Waals surface area contributed by atoms with Gasteiger partial charge in [0.15, 0.2) is 0 Å². The highest BCUT2D eigenvalue weighted by Crippen LogP contribution is 2.22. The summed E-state index contributed by atoms with van der Waals surface area (Å²) in [4.78, 5) is 11.8. The minimum Gasteiger partial charge on any atom is -0.465 e. The Kier molecular flexibility index (Phi) is 5.97. The van der Waals surface area contributed by atoms with Crippen LogP contribution in [0.5, 0.6) is 0 Å². The highest BCUT2D eigenvalue weighted by atomic mass is 19.3. The van der Waals surface area contributed by atoms with E-state index < -0.39 is 18.4 Å². The monoisotopic (exact) mass is 267 g/mol. The number of benzene rings is 1. The van der Waals surface area contributed by atoms with E-state index in [-0.39, 0.29) is 18.7 Å². The molecule has 1 aromatic rings. The molecule has 0 aromatic heterocycles. The van der Waals surface area contributed by atoms with Gasteiger partial charge in [0.25, 0.3) is 6.43 Å². The molecule has 0 aliphatic rings. The Hall–Kier alpha value is -1.93. The summed E-state index contributed by atoms with van der Waals surface area (Å²) >= 11 is 0. The van der Waals surface area contributed by atoms with Crippen LogP contribution in [0.3, 0.4) is 0 Å². The van der Waals surface area contributed by atoms with E-state index in [9.17, 15) is 13.6 Å². The van der Waals surface area contributed by atoms with Crippen molar-refractivity contribution in [1.82, 2.24) is 5.32 Å². The Morgan fingerprint density at radius 2 is 1.95 bits per heavy atom. The van der Waals surface area contributed by atoms with Gasteiger partial charge in [-0.1, -0.05) is 30.2 Å². The number of rotatable bonds is 6. The van der Waals surface area contributed by atoms with Crippen molar-refractivity contribution in [3.63, 3.8) is 0 Å². The van der Waals surface area contributed by atoms with Crippen molar-refractivity contribution >= 4 is 5.97 Å². The summed E-state index contributed by atoms with van der Waals surface area (Å²) in [5.74, 6) is 1.87. The standard InChI is InChI=1S/C14H15F2NO2/c1-3-9-17-12(14(18)19-4-2)10-5-7-11(8-6-10)13(15)16/h1,5-8,12-13,17H,4,9H2,2H3. The topological polar surface area (TPSA) is 38.3 Å². The van der Waals surface area contributed by atoms with Crippen LogP contribution in [0.2, 0.25) is 0 Å². The van der Waals surface area contributed by atoms with Crippen molar-refractivity contribution in [3.05, 3.63) is 35.4 Å².